The van der Waals surface area contributed by atoms with Crippen molar-refractivity contribution in [2.45, 2.75) is 6.92 Å². The van der Waals surface area contributed by atoms with Crippen LogP contribution >= 0.6 is 23.4 Å². The maximum Gasteiger partial charge on any atom is 0.234 e. The summed E-state index contributed by atoms with van der Waals surface area (Å²) < 4.78 is 0. The van der Waals surface area contributed by atoms with Crippen molar-refractivity contribution in [3.63, 3.8) is 0 Å². The van der Waals surface area contributed by atoms with Gasteiger partial charge in [-0.05, 0) is 24.6 Å². The Hall–Kier alpha value is -1.78. The van der Waals surface area contributed by atoms with Crippen LogP contribution in [0.3, 0.4) is 0 Å². The number of carbonyl (C=O) groups excluding carboxylic acids is 2. The summed E-state index contributed by atoms with van der Waals surface area (Å²) in [5, 5.41) is 3.24. The van der Waals surface area contributed by atoms with E-state index < -0.39 is 0 Å². The Balaban J connectivity index is 1.91. The quantitative estimate of drug-likeness (QED) is 0.920. The van der Waals surface area contributed by atoms with Gasteiger partial charge in [-0.15, -0.1) is 0 Å². The lowest BCUT2D eigenvalue weighted by molar-refractivity contribution is -0.113. The van der Waals surface area contributed by atoms with Gasteiger partial charge in [0.1, 0.15) is 0 Å². The first-order valence-electron chi connectivity index (χ1n) is 6.35. The summed E-state index contributed by atoms with van der Waals surface area (Å²) in [6.07, 6.45) is 0. The Morgan fingerprint density at radius 3 is 2.52 bits per heavy atom. The van der Waals surface area contributed by atoms with Gasteiger partial charge in [0.05, 0.1) is 5.75 Å². The minimum Gasteiger partial charge on any atom is -0.325 e. The number of thioether (sulfide) groups is 1. The Morgan fingerprint density at radius 2 is 1.81 bits per heavy atom. The Labute approximate surface area is 132 Å². The lowest BCUT2D eigenvalue weighted by Gasteiger charge is -2.09. The van der Waals surface area contributed by atoms with Crippen LogP contribution in [0.15, 0.2) is 48.5 Å². The maximum absolute atomic E-state index is 11.9. The van der Waals surface area contributed by atoms with Crippen molar-refractivity contribution in [1.82, 2.24) is 0 Å². The molecule has 1 N–H and O–H groups in total. The second-order valence-electron chi connectivity index (χ2n) is 4.40. The minimum absolute atomic E-state index is 0.0691. The summed E-state index contributed by atoms with van der Waals surface area (Å²) in [6.45, 7) is 1.83. The highest BCUT2D eigenvalue weighted by Gasteiger charge is 2.11. The summed E-state index contributed by atoms with van der Waals surface area (Å²) in [5.74, 6) is -0.158. The molecule has 3 nitrogen and oxygen atoms in total. The Kier molecular flexibility index (Phi) is 5.42. The molecule has 0 radical (unpaired) electrons. The van der Waals surface area contributed by atoms with Gasteiger partial charge in [0, 0.05) is 16.3 Å². The van der Waals surface area contributed by atoms with Crippen molar-refractivity contribution < 1.29 is 9.59 Å². The lowest BCUT2D eigenvalue weighted by Crippen LogP contribution is -2.16. The third kappa shape index (κ3) is 4.34. The third-order valence-corrected chi connectivity index (χ3v) is 4.20. The SMILES string of the molecule is Cc1c(Cl)cccc1NC(=O)CSC(=O)c1ccccc1. The van der Waals surface area contributed by atoms with Gasteiger partial charge in [-0.1, -0.05) is 59.8 Å². The standard InChI is InChI=1S/C16H14ClNO2S/c1-11-13(17)8-5-9-14(11)18-15(19)10-21-16(20)12-6-3-2-4-7-12/h2-9H,10H2,1H3,(H,18,19). The molecule has 0 aliphatic heterocycles. The van der Waals surface area contributed by atoms with E-state index >= 15 is 0 Å². The van der Waals surface area contributed by atoms with E-state index in [9.17, 15) is 9.59 Å². The fourth-order valence-corrected chi connectivity index (χ4v) is 2.53. The normalized spacial score (nSPS) is 10.2. The molecule has 0 unspecified atom stereocenters. The topological polar surface area (TPSA) is 46.2 Å². The zero-order valence-electron chi connectivity index (χ0n) is 11.4. The van der Waals surface area contributed by atoms with Gasteiger partial charge < -0.3 is 5.32 Å². The number of halogens is 1. The second-order valence-corrected chi connectivity index (χ2v) is 5.76. The summed E-state index contributed by atoms with van der Waals surface area (Å²) >= 11 is 6.98. The average Bonchev–Trinajstić information content (AvgIpc) is 2.50. The van der Waals surface area contributed by atoms with Crippen LogP contribution in [0.4, 0.5) is 5.69 Å². The van der Waals surface area contributed by atoms with Crippen molar-refractivity contribution in [2.24, 2.45) is 0 Å². The van der Waals surface area contributed by atoms with Gasteiger partial charge in [-0.2, -0.15) is 0 Å². The molecular formula is C16H14ClNO2S. The summed E-state index contributed by atoms with van der Waals surface area (Å²) in [7, 11) is 0. The van der Waals surface area contributed by atoms with Crippen LogP contribution in [0.25, 0.3) is 0 Å². The number of benzene rings is 2. The number of hydrogen-bond donors (Lipinski definition) is 1. The number of rotatable bonds is 4. The van der Waals surface area contributed by atoms with Crippen LogP contribution in [0.1, 0.15) is 15.9 Å². The maximum atomic E-state index is 11.9. The molecule has 0 bridgehead atoms. The van der Waals surface area contributed by atoms with Crippen molar-refractivity contribution in [3.05, 3.63) is 64.7 Å². The summed E-state index contributed by atoms with van der Waals surface area (Å²) in [5.41, 5.74) is 2.07. The molecule has 1 amide bonds. The molecule has 2 rings (SSSR count). The smallest absolute Gasteiger partial charge is 0.234 e. The summed E-state index contributed by atoms with van der Waals surface area (Å²) in [4.78, 5) is 23.8. The predicted octanol–water partition coefficient (Wildman–Crippen LogP) is 4.16. The molecule has 0 heterocycles. The number of nitrogens with one attached hydrogen (secondary N) is 1. The first kappa shape index (κ1) is 15.6. The van der Waals surface area contributed by atoms with E-state index in [1.165, 1.54) is 0 Å². The van der Waals surface area contributed by atoms with Gasteiger partial charge >= 0.3 is 0 Å². The first-order valence-corrected chi connectivity index (χ1v) is 7.71. The fourth-order valence-electron chi connectivity index (χ4n) is 1.72. The third-order valence-electron chi connectivity index (χ3n) is 2.89. The molecule has 0 aliphatic carbocycles. The van der Waals surface area contributed by atoms with Crippen molar-refractivity contribution in [1.29, 1.82) is 0 Å². The van der Waals surface area contributed by atoms with Crippen molar-refractivity contribution in [3.8, 4) is 0 Å². The van der Waals surface area contributed by atoms with E-state index in [4.69, 9.17) is 11.6 Å². The molecule has 2 aromatic carbocycles. The van der Waals surface area contributed by atoms with E-state index in [2.05, 4.69) is 5.32 Å². The monoisotopic (exact) mass is 319 g/mol. The highest BCUT2D eigenvalue weighted by molar-refractivity contribution is 8.14. The highest BCUT2D eigenvalue weighted by Crippen LogP contribution is 2.23. The van der Waals surface area contributed by atoms with E-state index in [1.54, 1.807) is 42.5 Å². The molecule has 0 aromatic heterocycles. The lowest BCUT2D eigenvalue weighted by atomic mass is 10.2. The molecule has 108 valence electrons. The molecular weight excluding hydrogens is 306 g/mol. The molecule has 21 heavy (non-hydrogen) atoms. The van der Waals surface area contributed by atoms with Crippen LogP contribution in [-0.2, 0) is 4.79 Å². The number of anilines is 1. The van der Waals surface area contributed by atoms with Crippen molar-refractivity contribution >= 4 is 40.1 Å². The molecule has 0 aliphatic rings. The predicted molar refractivity (Wildman–Crippen MR) is 88.0 cm³/mol. The number of carbonyl (C=O) groups is 2. The van der Waals surface area contributed by atoms with E-state index in [-0.39, 0.29) is 16.8 Å². The molecule has 2 aromatic rings. The van der Waals surface area contributed by atoms with Crippen LogP contribution in [0.2, 0.25) is 5.02 Å². The van der Waals surface area contributed by atoms with E-state index in [1.807, 2.05) is 13.0 Å². The molecule has 0 fully saturated rings. The zero-order valence-corrected chi connectivity index (χ0v) is 13.0. The van der Waals surface area contributed by atoms with Gasteiger partial charge in [-0.25, -0.2) is 0 Å². The van der Waals surface area contributed by atoms with Gasteiger partial charge in [0.2, 0.25) is 11.0 Å². The molecule has 0 saturated heterocycles. The molecule has 0 spiro atoms. The molecule has 5 heteroatoms. The Bertz CT molecular complexity index is 659. The van der Waals surface area contributed by atoms with Gasteiger partial charge in [0.25, 0.3) is 0 Å². The molecule has 0 atom stereocenters. The second kappa shape index (κ2) is 7.29. The van der Waals surface area contributed by atoms with E-state index in [0.29, 0.717) is 16.3 Å². The Morgan fingerprint density at radius 1 is 1.10 bits per heavy atom. The van der Waals surface area contributed by atoms with Crippen LogP contribution in [0, 0.1) is 6.92 Å². The van der Waals surface area contributed by atoms with Crippen LogP contribution in [0.5, 0.6) is 0 Å². The van der Waals surface area contributed by atoms with Gasteiger partial charge in [-0.3, -0.25) is 9.59 Å². The number of hydrogen-bond acceptors (Lipinski definition) is 3. The largest absolute Gasteiger partial charge is 0.325 e. The minimum atomic E-state index is -0.227. The van der Waals surface area contributed by atoms with E-state index in [0.717, 1.165) is 17.3 Å². The molecule has 0 saturated carbocycles. The number of amides is 1. The van der Waals surface area contributed by atoms with Crippen LogP contribution in [-0.4, -0.2) is 16.8 Å². The first-order chi connectivity index (χ1) is 10.1. The summed E-state index contributed by atoms with van der Waals surface area (Å²) in [6, 6.07) is 14.2. The average molecular weight is 320 g/mol. The fraction of sp³-hybridized carbons (Fsp3) is 0.125. The van der Waals surface area contributed by atoms with Crippen molar-refractivity contribution in [2.75, 3.05) is 11.1 Å². The highest BCUT2D eigenvalue weighted by atomic mass is 35.5. The zero-order chi connectivity index (χ0) is 15.2. The van der Waals surface area contributed by atoms with Gasteiger partial charge in [0.15, 0.2) is 0 Å². The van der Waals surface area contributed by atoms with Crippen LogP contribution < -0.4 is 5.32 Å².